The molecule has 0 fully saturated rings. The first-order chi connectivity index (χ1) is 16.1. The third-order valence-electron chi connectivity index (χ3n) is 5.54. The molecule has 3 amide bonds. The standard InChI is InChI=1S/C26H38N4O4/c1-4-5-6-12-28-24(33)14-18-8-7-9-19(13-18)16-26(2,3)29-17-23(32)20-10-11-22(31)21(15-20)30-25(27)34/h7-11,13,15,23,29,31-32H,4-6,12,14,16-17H2,1-3H3,(H,28,33)(H3,27,30,34)/t23-/m0/s1. The Kier molecular flexibility index (Phi) is 10.3. The molecule has 2 aromatic carbocycles. The molecule has 0 saturated carbocycles. The molecule has 34 heavy (non-hydrogen) atoms. The molecule has 186 valence electrons. The fourth-order valence-electron chi connectivity index (χ4n) is 3.76. The van der Waals surface area contributed by atoms with Gasteiger partial charge in [0.15, 0.2) is 0 Å². The second-order valence-corrected chi connectivity index (χ2v) is 9.28. The van der Waals surface area contributed by atoms with Crippen LogP contribution in [0.2, 0.25) is 0 Å². The lowest BCUT2D eigenvalue weighted by atomic mass is 9.93. The molecule has 0 heterocycles. The smallest absolute Gasteiger partial charge is 0.316 e. The maximum Gasteiger partial charge on any atom is 0.316 e. The van der Waals surface area contributed by atoms with Gasteiger partial charge in [0.2, 0.25) is 5.91 Å². The van der Waals surface area contributed by atoms with Crippen LogP contribution in [0.4, 0.5) is 10.5 Å². The number of aromatic hydroxyl groups is 1. The van der Waals surface area contributed by atoms with Gasteiger partial charge in [0.05, 0.1) is 18.2 Å². The van der Waals surface area contributed by atoms with Gasteiger partial charge in [-0.25, -0.2) is 4.79 Å². The highest BCUT2D eigenvalue weighted by Gasteiger charge is 2.21. The summed E-state index contributed by atoms with van der Waals surface area (Å²) >= 11 is 0. The summed E-state index contributed by atoms with van der Waals surface area (Å²) in [6.45, 7) is 7.21. The minimum absolute atomic E-state index is 0.0350. The number of benzene rings is 2. The van der Waals surface area contributed by atoms with Crippen molar-refractivity contribution < 1.29 is 19.8 Å². The molecule has 0 spiro atoms. The van der Waals surface area contributed by atoms with Crippen LogP contribution < -0.4 is 21.7 Å². The van der Waals surface area contributed by atoms with E-state index >= 15 is 0 Å². The van der Waals surface area contributed by atoms with Gasteiger partial charge in [-0.15, -0.1) is 0 Å². The van der Waals surface area contributed by atoms with E-state index in [1.165, 1.54) is 12.1 Å². The third-order valence-corrected chi connectivity index (χ3v) is 5.54. The average molecular weight is 471 g/mol. The molecule has 0 aliphatic rings. The number of nitrogens with two attached hydrogens (primary N) is 1. The zero-order valence-electron chi connectivity index (χ0n) is 20.4. The van der Waals surface area contributed by atoms with Crippen LogP contribution in [-0.2, 0) is 17.6 Å². The average Bonchev–Trinajstić information content (AvgIpc) is 2.76. The molecule has 8 heteroatoms. The number of rotatable bonds is 13. The van der Waals surface area contributed by atoms with Crippen LogP contribution in [0, 0.1) is 0 Å². The summed E-state index contributed by atoms with van der Waals surface area (Å²) in [4.78, 5) is 23.3. The van der Waals surface area contributed by atoms with Gasteiger partial charge in [0.25, 0.3) is 0 Å². The van der Waals surface area contributed by atoms with E-state index in [0.717, 1.165) is 30.4 Å². The van der Waals surface area contributed by atoms with Crippen molar-refractivity contribution in [1.82, 2.24) is 10.6 Å². The number of unbranched alkanes of at least 4 members (excludes halogenated alkanes) is 2. The summed E-state index contributed by atoms with van der Waals surface area (Å²) < 4.78 is 0. The zero-order chi connectivity index (χ0) is 25.1. The number of hydrogen-bond donors (Lipinski definition) is 6. The van der Waals surface area contributed by atoms with E-state index in [1.807, 2.05) is 38.1 Å². The number of aliphatic hydroxyl groups excluding tert-OH is 1. The van der Waals surface area contributed by atoms with Gasteiger partial charge in [0.1, 0.15) is 5.75 Å². The van der Waals surface area contributed by atoms with Gasteiger partial charge in [0, 0.05) is 18.6 Å². The Labute approximate surface area is 201 Å². The molecule has 0 aliphatic carbocycles. The second-order valence-electron chi connectivity index (χ2n) is 9.28. The lowest BCUT2D eigenvalue weighted by Crippen LogP contribution is -2.43. The number of phenols is 1. The van der Waals surface area contributed by atoms with Crippen LogP contribution >= 0.6 is 0 Å². The van der Waals surface area contributed by atoms with Gasteiger partial charge in [-0.2, -0.15) is 0 Å². The van der Waals surface area contributed by atoms with Crippen LogP contribution in [0.15, 0.2) is 42.5 Å². The molecule has 0 radical (unpaired) electrons. The Balaban J connectivity index is 1.92. The van der Waals surface area contributed by atoms with E-state index < -0.39 is 12.1 Å². The Bertz CT molecular complexity index is 962. The van der Waals surface area contributed by atoms with Crippen LogP contribution in [0.5, 0.6) is 5.75 Å². The number of phenolic OH excluding ortho intramolecular Hbond substituents is 1. The minimum atomic E-state index is -0.851. The third kappa shape index (κ3) is 9.41. The summed E-state index contributed by atoms with van der Waals surface area (Å²) in [6, 6.07) is 11.7. The minimum Gasteiger partial charge on any atom is -0.506 e. The van der Waals surface area contributed by atoms with Gasteiger partial charge >= 0.3 is 6.03 Å². The number of hydrogen-bond acceptors (Lipinski definition) is 5. The molecule has 0 bridgehead atoms. The molecular weight excluding hydrogens is 432 g/mol. The first kappa shape index (κ1) is 27.1. The number of carbonyl (C=O) groups is 2. The quantitative estimate of drug-likeness (QED) is 0.197. The summed E-state index contributed by atoms with van der Waals surface area (Å²) in [7, 11) is 0. The van der Waals surface area contributed by atoms with Crippen molar-refractivity contribution in [2.75, 3.05) is 18.4 Å². The molecule has 2 rings (SSSR count). The topological polar surface area (TPSA) is 137 Å². The zero-order valence-corrected chi connectivity index (χ0v) is 20.4. The molecule has 1 atom stereocenters. The maximum atomic E-state index is 12.2. The molecule has 2 aromatic rings. The Morgan fingerprint density at radius 1 is 1.09 bits per heavy atom. The van der Waals surface area contributed by atoms with Crippen LogP contribution in [0.1, 0.15) is 62.8 Å². The van der Waals surface area contributed by atoms with E-state index in [-0.39, 0.29) is 29.4 Å². The van der Waals surface area contributed by atoms with Gasteiger partial charge in [-0.3, -0.25) is 4.79 Å². The van der Waals surface area contributed by atoms with Crippen LogP contribution in [-0.4, -0.2) is 40.8 Å². The number of aliphatic hydroxyl groups is 1. The van der Waals surface area contributed by atoms with Crippen molar-refractivity contribution in [2.24, 2.45) is 5.73 Å². The molecule has 0 unspecified atom stereocenters. The summed E-state index contributed by atoms with van der Waals surface area (Å²) in [6.07, 6.45) is 3.45. The number of anilines is 1. The van der Waals surface area contributed by atoms with Gasteiger partial charge in [-0.05, 0) is 55.5 Å². The molecule has 0 saturated heterocycles. The molecular formula is C26H38N4O4. The highest BCUT2D eigenvalue weighted by molar-refractivity contribution is 5.89. The maximum absolute atomic E-state index is 12.2. The first-order valence-corrected chi connectivity index (χ1v) is 11.8. The van der Waals surface area contributed by atoms with Crippen molar-refractivity contribution in [1.29, 1.82) is 0 Å². The van der Waals surface area contributed by atoms with Gasteiger partial charge < -0.3 is 31.9 Å². The highest BCUT2D eigenvalue weighted by Crippen LogP contribution is 2.27. The highest BCUT2D eigenvalue weighted by atomic mass is 16.3. The second kappa shape index (κ2) is 13.0. The van der Waals surface area contributed by atoms with Crippen molar-refractivity contribution in [2.45, 2.75) is 64.5 Å². The van der Waals surface area contributed by atoms with Crippen LogP contribution in [0.25, 0.3) is 0 Å². The fraction of sp³-hybridized carbons (Fsp3) is 0.462. The SMILES string of the molecule is CCCCCNC(=O)Cc1cccc(CC(C)(C)NC[C@H](O)c2ccc(O)c(NC(N)=O)c2)c1. The molecule has 7 N–H and O–H groups in total. The number of primary amides is 1. The largest absolute Gasteiger partial charge is 0.506 e. The molecule has 0 aliphatic heterocycles. The van der Waals surface area contributed by atoms with E-state index in [0.29, 0.717) is 24.9 Å². The normalized spacial score (nSPS) is 12.2. The number of carbonyl (C=O) groups excluding carboxylic acids is 2. The predicted molar refractivity (Wildman–Crippen MR) is 135 cm³/mol. The number of nitrogens with one attached hydrogen (secondary N) is 3. The predicted octanol–water partition coefficient (Wildman–Crippen LogP) is 3.38. The van der Waals surface area contributed by atoms with Crippen molar-refractivity contribution in [3.63, 3.8) is 0 Å². The van der Waals surface area contributed by atoms with Crippen molar-refractivity contribution >= 4 is 17.6 Å². The summed E-state index contributed by atoms with van der Waals surface area (Å²) in [5, 5.41) is 29.1. The number of urea groups is 1. The lowest BCUT2D eigenvalue weighted by Gasteiger charge is -2.28. The number of amides is 3. The van der Waals surface area contributed by atoms with Crippen molar-refractivity contribution in [3.05, 3.63) is 59.2 Å². The van der Waals surface area contributed by atoms with E-state index in [2.05, 4.69) is 22.9 Å². The van der Waals surface area contributed by atoms with Gasteiger partial charge in [-0.1, -0.05) is 50.1 Å². The first-order valence-electron chi connectivity index (χ1n) is 11.8. The molecule has 0 aromatic heterocycles. The van der Waals surface area contributed by atoms with E-state index in [4.69, 9.17) is 5.73 Å². The van der Waals surface area contributed by atoms with Crippen LogP contribution in [0.3, 0.4) is 0 Å². The lowest BCUT2D eigenvalue weighted by molar-refractivity contribution is -0.120. The summed E-state index contributed by atoms with van der Waals surface area (Å²) in [5.41, 5.74) is 7.55. The summed E-state index contributed by atoms with van der Waals surface area (Å²) in [5.74, 6) is -0.0922. The Morgan fingerprint density at radius 2 is 1.82 bits per heavy atom. The Morgan fingerprint density at radius 3 is 2.53 bits per heavy atom. The van der Waals surface area contributed by atoms with E-state index in [9.17, 15) is 19.8 Å². The molecule has 8 nitrogen and oxygen atoms in total. The Hall–Kier alpha value is -3.10. The van der Waals surface area contributed by atoms with Crippen molar-refractivity contribution in [3.8, 4) is 5.75 Å². The number of β-amino-alcohol motifs (C(OH)–C–C–N with tert-alkyl or cyclic N) is 1. The monoisotopic (exact) mass is 470 g/mol. The van der Waals surface area contributed by atoms with E-state index in [1.54, 1.807) is 6.07 Å². The fourth-order valence-corrected chi connectivity index (χ4v) is 3.76.